The molecule has 1 aliphatic heterocycles. The van der Waals surface area contributed by atoms with Crippen LogP contribution < -0.4 is 4.74 Å². The van der Waals surface area contributed by atoms with Gasteiger partial charge in [0.2, 0.25) is 5.91 Å². The molecule has 0 radical (unpaired) electrons. The van der Waals surface area contributed by atoms with Gasteiger partial charge in [0, 0.05) is 24.9 Å². The molecule has 1 saturated heterocycles. The molecule has 0 saturated carbocycles. The topological polar surface area (TPSA) is 70.0 Å². The van der Waals surface area contributed by atoms with Gasteiger partial charge in [-0.3, -0.25) is 4.79 Å². The zero-order chi connectivity index (χ0) is 17.6. The second kappa shape index (κ2) is 8.49. The van der Waals surface area contributed by atoms with Crippen LogP contribution in [0, 0.1) is 5.41 Å². The lowest BCUT2D eigenvalue weighted by atomic mass is 9.74. The van der Waals surface area contributed by atoms with Crippen LogP contribution in [0.25, 0.3) is 0 Å². The Kier molecular flexibility index (Phi) is 6.63. The maximum Gasteiger partial charge on any atom is 0.222 e. The van der Waals surface area contributed by atoms with Crippen molar-refractivity contribution in [3.63, 3.8) is 0 Å². The lowest BCUT2D eigenvalue weighted by Crippen LogP contribution is -2.55. The van der Waals surface area contributed by atoms with Gasteiger partial charge in [0.05, 0.1) is 19.8 Å². The highest BCUT2D eigenvalue weighted by molar-refractivity contribution is 5.76. The SMILES string of the molecule is CCC[C@@]1(CO)CN(C(=O)CCc2cccc(OC)c2)CC[C@H]1O. The summed E-state index contributed by atoms with van der Waals surface area (Å²) in [6, 6.07) is 7.75. The molecule has 0 aromatic heterocycles. The highest BCUT2D eigenvalue weighted by Gasteiger charge is 2.42. The van der Waals surface area contributed by atoms with Crippen LogP contribution in [0.1, 0.15) is 38.2 Å². The summed E-state index contributed by atoms with van der Waals surface area (Å²) in [6.07, 6.45) is 2.69. The van der Waals surface area contributed by atoms with Crippen molar-refractivity contribution in [2.45, 2.75) is 45.1 Å². The number of carbonyl (C=O) groups is 1. The van der Waals surface area contributed by atoms with Crippen LogP contribution in [0.4, 0.5) is 0 Å². The first-order valence-corrected chi connectivity index (χ1v) is 8.74. The molecule has 1 amide bonds. The Morgan fingerprint density at radius 3 is 2.92 bits per heavy atom. The lowest BCUT2D eigenvalue weighted by molar-refractivity contribution is -0.142. The third-order valence-electron chi connectivity index (χ3n) is 5.06. The summed E-state index contributed by atoms with van der Waals surface area (Å²) in [6.45, 7) is 2.95. The molecule has 0 bridgehead atoms. The zero-order valence-electron chi connectivity index (χ0n) is 14.7. The van der Waals surface area contributed by atoms with E-state index in [1.165, 1.54) is 0 Å². The number of likely N-dealkylation sites (tertiary alicyclic amines) is 1. The first-order chi connectivity index (χ1) is 11.5. The van der Waals surface area contributed by atoms with Gasteiger partial charge in [-0.25, -0.2) is 0 Å². The molecule has 1 heterocycles. The maximum absolute atomic E-state index is 12.6. The first-order valence-electron chi connectivity index (χ1n) is 8.74. The second-order valence-corrected chi connectivity index (χ2v) is 6.74. The van der Waals surface area contributed by atoms with E-state index in [1.807, 2.05) is 31.2 Å². The number of hydrogen-bond acceptors (Lipinski definition) is 4. The quantitative estimate of drug-likeness (QED) is 0.800. The van der Waals surface area contributed by atoms with Crippen molar-refractivity contribution in [2.75, 3.05) is 26.8 Å². The van der Waals surface area contributed by atoms with Gasteiger partial charge in [-0.15, -0.1) is 0 Å². The molecule has 0 aliphatic carbocycles. The Hall–Kier alpha value is -1.59. The van der Waals surface area contributed by atoms with Gasteiger partial charge in [-0.1, -0.05) is 25.5 Å². The number of aliphatic hydroxyl groups excluding tert-OH is 2. The molecule has 1 aliphatic rings. The molecule has 1 aromatic rings. The predicted octanol–water partition coefficient (Wildman–Crippen LogP) is 2.00. The van der Waals surface area contributed by atoms with E-state index >= 15 is 0 Å². The van der Waals surface area contributed by atoms with Crippen LogP contribution in [-0.4, -0.2) is 53.9 Å². The molecule has 1 aromatic carbocycles. The number of aliphatic hydroxyl groups is 2. The largest absolute Gasteiger partial charge is 0.497 e. The molecule has 1 fully saturated rings. The first kappa shape index (κ1) is 18.7. The van der Waals surface area contributed by atoms with E-state index in [2.05, 4.69) is 0 Å². The average molecular weight is 335 g/mol. The fourth-order valence-corrected chi connectivity index (χ4v) is 3.58. The minimum absolute atomic E-state index is 0.0817. The summed E-state index contributed by atoms with van der Waals surface area (Å²) in [5.74, 6) is 0.877. The Bertz CT molecular complexity index is 548. The van der Waals surface area contributed by atoms with E-state index in [1.54, 1.807) is 12.0 Å². The molecule has 5 nitrogen and oxygen atoms in total. The number of aryl methyl sites for hydroxylation is 1. The van der Waals surface area contributed by atoms with Crippen LogP contribution in [-0.2, 0) is 11.2 Å². The van der Waals surface area contributed by atoms with Crippen molar-refractivity contribution >= 4 is 5.91 Å². The summed E-state index contributed by atoms with van der Waals surface area (Å²) >= 11 is 0. The van der Waals surface area contributed by atoms with Crippen molar-refractivity contribution in [1.82, 2.24) is 4.90 Å². The molecule has 2 rings (SSSR count). The number of rotatable bonds is 7. The van der Waals surface area contributed by atoms with Crippen LogP contribution in [0.5, 0.6) is 5.75 Å². The van der Waals surface area contributed by atoms with E-state index in [0.29, 0.717) is 32.4 Å². The normalized spacial score (nSPS) is 24.0. The van der Waals surface area contributed by atoms with E-state index in [4.69, 9.17) is 4.74 Å². The van der Waals surface area contributed by atoms with Crippen molar-refractivity contribution in [3.05, 3.63) is 29.8 Å². The summed E-state index contributed by atoms with van der Waals surface area (Å²) in [5.41, 5.74) is 0.500. The number of ether oxygens (including phenoxy) is 1. The smallest absolute Gasteiger partial charge is 0.222 e. The van der Waals surface area contributed by atoms with Gasteiger partial charge >= 0.3 is 0 Å². The van der Waals surface area contributed by atoms with Gasteiger partial charge < -0.3 is 19.8 Å². The standard InChI is InChI=1S/C19H29NO4/c1-3-10-19(14-21)13-20(11-9-17(19)22)18(23)8-7-15-5-4-6-16(12-15)24-2/h4-6,12,17,21-22H,3,7-11,13-14H2,1-2H3/t17-,19+/m1/s1. The Balaban J connectivity index is 1.96. The van der Waals surface area contributed by atoms with Crippen molar-refractivity contribution < 1.29 is 19.7 Å². The van der Waals surface area contributed by atoms with Gasteiger partial charge in [-0.2, -0.15) is 0 Å². The Morgan fingerprint density at radius 1 is 1.46 bits per heavy atom. The molecule has 2 atom stereocenters. The molecular formula is C19H29NO4. The monoisotopic (exact) mass is 335 g/mol. The average Bonchev–Trinajstić information content (AvgIpc) is 2.62. The molecule has 134 valence electrons. The summed E-state index contributed by atoms with van der Waals surface area (Å²) < 4.78 is 5.21. The summed E-state index contributed by atoms with van der Waals surface area (Å²) in [7, 11) is 1.63. The molecule has 24 heavy (non-hydrogen) atoms. The number of carbonyl (C=O) groups excluding carboxylic acids is 1. The number of hydrogen-bond donors (Lipinski definition) is 2. The van der Waals surface area contributed by atoms with Gasteiger partial charge in [-0.05, 0) is 37.0 Å². The molecular weight excluding hydrogens is 306 g/mol. The van der Waals surface area contributed by atoms with Crippen LogP contribution in [0.2, 0.25) is 0 Å². The minimum atomic E-state index is -0.571. The van der Waals surface area contributed by atoms with Crippen LogP contribution in [0.3, 0.4) is 0 Å². The number of methoxy groups -OCH3 is 1. The Labute approximate surface area is 144 Å². The van der Waals surface area contributed by atoms with E-state index in [-0.39, 0.29) is 12.5 Å². The predicted molar refractivity (Wildman–Crippen MR) is 92.9 cm³/mol. The highest BCUT2D eigenvalue weighted by Crippen LogP contribution is 2.35. The van der Waals surface area contributed by atoms with E-state index in [0.717, 1.165) is 24.2 Å². The van der Waals surface area contributed by atoms with Gasteiger partial charge in [0.15, 0.2) is 0 Å². The fourth-order valence-electron chi connectivity index (χ4n) is 3.58. The summed E-state index contributed by atoms with van der Waals surface area (Å²) in [4.78, 5) is 14.4. The number of nitrogens with zero attached hydrogens (tertiary/aromatic N) is 1. The number of amides is 1. The second-order valence-electron chi connectivity index (χ2n) is 6.74. The minimum Gasteiger partial charge on any atom is -0.497 e. The van der Waals surface area contributed by atoms with Gasteiger partial charge in [0.1, 0.15) is 5.75 Å². The zero-order valence-corrected chi connectivity index (χ0v) is 14.7. The fraction of sp³-hybridized carbons (Fsp3) is 0.632. The third-order valence-corrected chi connectivity index (χ3v) is 5.06. The van der Waals surface area contributed by atoms with Gasteiger partial charge in [0.25, 0.3) is 0 Å². The number of benzene rings is 1. The molecule has 5 heteroatoms. The van der Waals surface area contributed by atoms with Crippen molar-refractivity contribution in [1.29, 1.82) is 0 Å². The molecule has 0 spiro atoms. The van der Waals surface area contributed by atoms with Crippen LogP contribution in [0.15, 0.2) is 24.3 Å². The Morgan fingerprint density at radius 2 is 2.25 bits per heavy atom. The van der Waals surface area contributed by atoms with Crippen LogP contribution >= 0.6 is 0 Å². The molecule has 2 N–H and O–H groups in total. The third kappa shape index (κ3) is 4.28. The van der Waals surface area contributed by atoms with E-state index in [9.17, 15) is 15.0 Å². The number of piperidine rings is 1. The maximum atomic E-state index is 12.6. The summed E-state index contributed by atoms with van der Waals surface area (Å²) in [5, 5.41) is 20.1. The van der Waals surface area contributed by atoms with Crippen molar-refractivity contribution in [2.24, 2.45) is 5.41 Å². The van der Waals surface area contributed by atoms with Crippen molar-refractivity contribution in [3.8, 4) is 5.75 Å². The van der Waals surface area contributed by atoms with E-state index < -0.39 is 11.5 Å². The lowest BCUT2D eigenvalue weighted by Gasteiger charge is -2.45. The highest BCUT2D eigenvalue weighted by atomic mass is 16.5. The molecule has 0 unspecified atom stereocenters.